The molecular formula is C10H12O3. The second kappa shape index (κ2) is 4.66. The molecule has 1 saturated carbocycles. The average molecular weight is 180 g/mol. The van der Waals surface area contributed by atoms with Gasteiger partial charge in [-0.2, -0.15) is 0 Å². The lowest BCUT2D eigenvalue weighted by Crippen LogP contribution is -2.28. The Morgan fingerprint density at radius 2 is 2.38 bits per heavy atom. The monoisotopic (exact) mass is 180 g/mol. The summed E-state index contributed by atoms with van der Waals surface area (Å²) < 4.78 is 4.71. The third-order valence-corrected chi connectivity index (χ3v) is 2.14. The summed E-state index contributed by atoms with van der Waals surface area (Å²) in [6, 6.07) is 0. The lowest BCUT2D eigenvalue weighted by atomic mass is 9.88. The summed E-state index contributed by atoms with van der Waals surface area (Å²) in [7, 11) is 0. The minimum Gasteiger partial charge on any atom is -0.452 e. The van der Waals surface area contributed by atoms with Crippen LogP contribution in [0.25, 0.3) is 0 Å². The molecule has 0 amide bonds. The van der Waals surface area contributed by atoms with Crippen molar-refractivity contribution in [3.8, 4) is 12.3 Å². The highest BCUT2D eigenvalue weighted by molar-refractivity contribution is 5.99. The van der Waals surface area contributed by atoms with Crippen LogP contribution in [0, 0.1) is 18.3 Å². The van der Waals surface area contributed by atoms with Crippen LogP contribution in [0.5, 0.6) is 0 Å². The molecule has 0 aromatic carbocycles. The van der Waals surface area contributed by atoms with Crippen LogP contribution in [0.15, 0.2) is 0 Å². The summed E-state index contributed by atoms with van der Waals surface area (Å²) in [6.45, 7) is -0.0391. The van der Waals surface area contributed by atoms with E-state index in [1.165, 1.54) is 0 Å². The van der Waals surface area contributed by atoms with E-state index in [-0.39, 0.29) is 12.4 Å². The summed E-state index contributed by atoms with van der Waals surface area (Å²) in [4.78, 5) is 22.5. The molecule has 70 valence electrons. The van der Waals surface area contributed by atoms with Gasteiger partial charge in [-0.25, -0.2) is 0 Å². The van der Waals surface area contributed by atoms with E-state index in [0.717, 1.165) is 12.8 Å². The number of hydrogen-bond acceptors (Lipinski definition) is 3. The molecule has 0 aromatic heterocycles. The average Bonchev–Trinajstić information content (AvgIpc) is 2.15. The number of carbonyl (C=O) groups is 2. The van der Waals surface area contributed by atoms with E-state index >= 15 is 0 Å². The third-order valence-electron chi connectivity index (χ3n) is 2.14. The largest absolute Gasteiger partial charge is 0.452 e. The van der Waals surface area contributed by atoms with Crippen LogP contribution >= 0.6 is 0 Å². The standard InChI is InChI=1S/C10H12O3/c1-2-7-13-10(12)8-5-3-4-6-9(8)11/h1,8H,3-7H2. The summed E-state index contributed by atoms with van der Waals surface area (Å²) in [6.07, 6.45) is 7.84. The molecule has 0 bridgehead atoms. The Hall–Kier alpha value is -1.30. The number of ketones is 1. The van der Waals surface area contributed by atoms with Gasteiger partial charge < -0.3 is 4.74 Å². The lowest BCUT2D eigenvalue weighted by molar-refractivity contribution is -0.151. The highest BCUT2D eigenvalue weighted by Gasteiger charge is 2.29. The molecule has 3 heteroatoms. The van der Waals surface area contributed by atoms with Gasteiger partial charge in [-0.15, -0.1) is 6.42 Å². The van der Waals surface area contributed by atoms with Crippen molar-refractivity contribution in [2.45, 2.75) is 25.7 Å². The number of carbonyl (C=O) groups excluding carboxylic acids is 2. The fraction of sp³-hybridized carbons (Fsp3) is 0.600. The first-order valence-corrected chi connectivity index (χ1v) is 4.38. The Bertz CT molecular complexity index is 249. The zero-order valence-corrected chi connectivity index (χ0v) is 7.41. The predicted octanol–water partition coefficient (Wildman–Crippen LogP) is 0.922. The maximum Gasteiger partial charge on any atom is 0.317 e. The van der Waals surface area contributed by atoms with Gasteiger partial charge in [0.25, 0.3) is 0 Å². The molecule has 0 radical (unpaired) electrons. The molecule has 1 fully saturated rings. The van der Waals surface area contributed by atoms with Gasteiger partial charge in [0.2, 0.25) is 0 Å². The van der Waals surface area contributed by atoms with Crippen molar-refractivity contribution in [1.29, 1.82) is 0 Å². The molecule has 0 aromatic rings. The molecule has 13 heavy (non-hydrogen) atoms. The van der Waals surface area contributed by atoms with E-state index < -0.39 is 11.9 Å². The van der Waals surface area contributed by atoms with Gasteiger partial charge in [-0.1, -0.05) is 12.3 Å². The normalized spacial score (nSPS) is 22.1. The first kappa shape index (κ1) is 9.79. The van der Waals surface area contributed by atoms with Gasteiger partial charge in [0.05, 0.1) is 0 Å². The summed E-state index contributed by atoms with van der Waals surface area (Å²) >= 11 is 0. The molecule has 1 aliphatic rings. The Morgan fingerprint density at radius 3 is 3.00 bits per heavy atom. The zero-order chi connectivity index (χ0) is 9.68. The molecule has 0 spiro atoms. The number of esters is 1. The second-order valence-corrected chi connectivity index (χ2v) is 3.08. The van der Waals surface area contributed by atoms with Gasteiger partial charge in [0, 0.05) is 6.42 Å². The van der Waals surface area contributed by atoms with Crippen molar-refractivity contribution in [1.82, 2.24) is 0 Å². The summed E-state index contributed by atoms with van der Waals surface area (Å²) in [5.41, 5.74) is 0. The molecule has 0 heterocycles. The summed E-state index contributed by atoms with van der Waals surface area (Å²) in [5.74, 6) is 1.18. The van der Waals surface area contributed by atoms with Crippen molar-refractivity contribution < 1.29 is 14.3 Å². The van der Waals surface area contributed by atoms with E-state index in [1.54, 1.807) is 0 Å². The van der Waals surface area contributed by atoms with Gasteiger partial charge in [0.15, 0.2) is 6.61 Å². The van der Waals surface area contributed by atoms with Crippen molar-refractivity contribution in [2.75, 3.05) is 6.61 Å². The second-order valence-electron chi connectivity index (χ2n) is 3.08. The van der Waals surface area contributed by atoms with Crippen molar-refractivity contribution in [3.05, 3.63) is 0 Å². The topological polar surface area (TPSA) is 43.4 Å². The lowest BCUT2D eigenvalue weighted by Gasteiger charge is -2.17. The van der Waals surface area contributed by atoms with E-state index in [9.17, 15) is 9.59 Å². The maximum atomic E-state index is 11.2. The Labute approximate surface area is 77.5 Å². The molecule has 0 saturated heterocycles. The number of ether oxygens (including phenoxy) is 1. The number of Topliss-reactive ketones (excluding diaryl/α,β-unsaturated/α-hetero) is 1. The highest BCUT2D eigenvalue weighted by Crippen LogP contribution is 2.21. The number of hydrogen-bond donors (Lipinski definition) is 0. The predicted molar refractivity (Wildman–Crippen MR) is 46.8 cm³/mol. The van der Waals surface area contributed by atoms with Gasteiger partial charge >= 0.3 is 5.97 Å². The van der Waals surface area contributed by atoms with Crippen LogP contribution < -0.4 is 0 Å². The minimum absolute atomic E-state index is 0.00623. The van der Waals surface area contributed by atoms with Crippen LogP contribution in [0.2, 0.25) is 0 Å². The van der Waals surface area contributed by atoms with E-state index in [4.69, 9.17) is 11.2 Å². The number of rotatable bonds is 2. The zero-order valence-electron chi connectivity index (χ0n) is 7.41. The van der Waals surface area contributed by atoms with Crippen LogP contribution in [0.3, 0.4) is 0 Å². The summed E-state index contributed by atoms with van der Waals surface area (Å²) in [5, 5.41) is 0. The molecule has 1 aliphatic carbocycles. The Morgan fingerprint density at radius 1 is 1.62 bits per heavy atom. The quantitative estimate of drug-likeness (QED) is 0.360. The van der Waals surface area contributed by atoms with Crippen LogP contribution in [0.4, 0.5) is 0 Å². The van der Waals surface area contributed by atoms with Crippen molar-refractivity contribution >= 4 is 11.8 Å². The maximum absolute atomic E-state index is 11.2. The van der Waals surface area contributed by atoms with E-state index in [0.29, 0.717) is 12.8 Å². The van der Waals surface area contributed by atoms with E-state index in [1.807, 2.05) is 0 Å². The SMILES string of the molecule is C#CCOC(=O)C1CCCCC1=O. The third kappa shape index (κ3) is 2.59. The minimum atomic E-state index is -0.554. The molecule has 3 nitrogen and oxygen atoms in total. The first-order chi connectivity index (χ1) is 6.25. The molecule has 1 rings (SSSR count). The van der Waals surface area contributed by atoms with E-state index in [2.05, 4.69) is 5.92 Å². The molecular weight excluding hydrogens is 168 g/mol. The van der Waals surface area contributed by atoms with Crippen LogP contribution in [-0.2, 0) is 14.3 Å². The molecule has 1 atom stereocenters. The highest BCUT2D eigenvalue weighted by atomic mass is 16.5. The number of terminal acetylenes is 1. The van der Waals surface area contributed by atoms with Crippen LogP contribution in [-0.4, -0.2) is 18.4 Å². The fourth-order valence-electron chi connectivity index (χ4n) is 1.45. The fourth-order valence-corrected chi connectivity index (χ4v) is 1.45. The van der Waals surface area contributed by atoms with Gasteiger partial charge in [-0.3, -0.25) is 9.59 Å². The molecule has 0 N–H and O–H groups in total. The first-order valence-electron chi connectivity index (χ1n) is 4.38. The van der Waals surface area contributed by atoms with Crippen molar-refractivity contribution in [2.24, 2.45) is 5.92 Å². The van der Waals surface area contributed by atoms with Crippen molar-refractivity contribution in [3.63, 3.8) is 0 Å². The Balaban J connectivity index is 2.45. The van der Waals surface area contributed by atoms with Gasteiger partial charge in [0.1, 0.15) is 11.7 Å². The Kier molecular flexibility index (Phi) is 3.51. The van der Waals surface area contributed by atoms with Gasteiger partial charge in [-0.05, 0) is 12.8 Å². The molecule has 0 aliphatic heterocycles. The van der Waals surface area contributed by atoms with Crippen LogP contribution in [0.1, 0.15) is 25.7 Å². The molecule has 1 unspecified atom stereocenters. The smallest absolute Gasteiger partial charge is 0.317 e.